The third-order valence-corrected chi connectivity index (χ3v) is 1.38. The number of rotatable bonds is 4. The van der Waals surface area contributed by atoms with Gasteiger partial charge in [-0.1, -0.05) is 43.6 Å². The summed E-state index contributed by atoms with van der Waals surface area (Å²) in [5.41, 5.74) is 12.1. The van der Waals surface area contributed by atoms with Crippen LogP contribution in [-0.4, -0.2) is 4.99 Å². The molecule has 0 unspecified atom stereocenters. The lowest BCUT2D eigenvalue weighted by atomic mass is 10.1. The maximum atomic E-state index is 5.62. The van der Waals surface area contributed by atoms with Crippen LogP contribution in [0.5, 0.6) is 0 Å². The molecule has 0 spiro atoms. The Bertz CT molecular complexity index is 262. The van der Waals surface area contributed by atoms with E-state index in [9.17, 15) is 0 Å². The molecule has 12 heavy (non-hydrogen) atoms. The van der Waals surface area contributed by atoms with Crippen LogP contribution < -0.4 is 11.5 Å². The van der Waals surface area contributed by atoms with Gasteiger partial charge in [-0.2, -0.15) is 0 Å². The maximum Gasteiger partial charge on any atom is 0.106 e. The van der Waals surface area contributed by atoms with Crippen LogP contribution in [0.15, 0.2) is 48.7 Å². The summed E-state index contributed by atoms with van der Waals surface area (Å²) in [6, 6.07) is 0. The third kappa shape index (κ3) is 3.16. The van der Waals surface area contributed by atoms with Crippen molar-refractivity contribution in [2.75, 3.05) is 0 Å². The van der Waals surface area contributed by atoms with Crippen molar-refractivity contribution in [2.45, 2.75) is 0 Å². The van der Waals surface area contributed by atoms with E-state index in [-0.39, 0.29) is 4.99 Å². The smallest absolute Gasteiger partial charge is 0.106 e. The molecule has 0 rings (SSSR count). The highest BCUT2D eigenvalue weighted by Crippen LogP contribution is 2.04. The second-order valence-electron chi connectivity index (χ2n) is 2.04. The highest BCUT2D eigenvalue weighted by Gasteiger charge is 2.01. The van der Waals surface area contributed by atoms with Crippen molar-refractivity contribution >= 4 is 17.2 Å². The summed E-state index contributed by atoms with van der Waals surface area (Å²) in [5.74, 6) is 0. The Labute approximate surface area is 77.9 Å². The molecule has 0 fully saturated rings. The quantitative estimate of drug-likeness (QED) is 0.391. The standard InChI is InChI=1S/C9H12N2S/c1-3-5-7(9(11)12)8(10)6-4-2/h3-6H,1-2,10H2,(H2,11,12)/b7-5+,8-6+. The van der Waals surface area contributed by atoms with E-state index < -0.39 is 0 Å². The molecule has 0 aromatic heterocycles. The molecular formula is C9H12N2S. The largest absolute Gasteiger partial charge is 0.398 e. The molecule has 64 valence electrons. The fourth-order valence-corrected chi connectivity index (χ4v) is 0.841. The van der Waals surface area contributed by atoms with E-state index in [1.807, 2.05) is 0 Å². The fraction of sp³-hybridized carbons (Fsp3) is 0. The van der Waals surface area contributed by atoms with Gasteiger partial charge in [-0.25, -0.2) is 0 Å². The molecule has 0 aliphatic heterocycles. The first kappa shape index (κ1) is 10.7. The zero-order valence-electron chi connectivity index (χ0n) is 6.79. The lowest BCUT2D eigenvalue weighted by Crippen LogP contribution is -2.16. The molecule has 0 saturated carbocycles. The van der Waals surface area contributed by atoms with E-state index in [0.717, 1.165) is 0 Å². The van der Waals surface area contributed by atoms with Crippen LogP contribution >= 0.6 is 12.2 Å². The lowest BCUT2D eigenvalue weighted by molar-refractivity contribution is 1.37. The van der Waals surface area contributed by atoms with Crippen LogP contribution in [0, 0.1) is 0 Å². The van der Waals surface area contributed by atoms with Crippen molar-refractivity contribution in [3.63, 3.8) is 0 Å². The van der Waals surface area contributed by atoms with Crippen LogP contribution in [0.4, 0.5) is 0 Å². The molecule has 0 aliphatic rings. The summed E-state index contributed by atoms with van der Waals surface area (Å²) in [5, 5.41) is 0. The molecule has 2 nitrogen and oxygen atoms in total. The predicted octanol–water partition coefficient (Wildman–Crippen LogP) is 1.41. The van der Waals surface area contributed by atoms with Crippen molar-refractivity contribution in [3.8, 4) is 0 Å². The van der Waals surface area contributed by atoms with Crippen molar-refractivity contribution in [1.82, 2.24) is 0 Å². The van der Waals surface area contributed by atoms with E-state index in [1.165, 1.54) is 0 Å². The molecule has 0 saturated heterocycles. The third-order valence-electron chi connectivity index (χ3n) is 1.16. The van der Waals surface area contributed by atoms with E-state index in [2.05, 4.69) is 13.2 Å². The van der Waals surface area contributed by atoms with E-state index in [4.69, 9.17) is 23.7 Å². The zero-order valence-corrected chi connectivity index (χ0v) is 7.60. The summed E-state index contributed by atoms with van der Waals surface area (Å²) >= 11 is 4.78. The van der Waals surface area contributed by atoms with Gasteiger partial charge in [0.15, 0.2) is 0 Å². The zero-order chi connectivity index (χ0) is 9.56. The van der Waals surface area contributed by atoms with Gasteiger partial charge >= 0.3 is 0 Å². The number of hydrogen-bond acceptors (Lipinski definition) is 2. The van der Waals surface area contributed by atoms with E-state index in [0.29, 0.717) is 11.3 Å². The Morgan fingerprint density at radius 2 is 1.58 bits per heavy atom. The molecule has 4 N–H and O–H groups in total. The minimum Gasteiger partial charge on any atom is -0.398 e. The molecule has 0 heterocycles. The van der Waals surface area contributed by atoms with E-state index >= 15 is 0 Å². The second-order valence-corrected chi connectivity index (χ2v) is 2.48. The van der Waals surface area contributed by atoms with Gasteiger partial charge < -0.3 is 11.5 Å². The normalized spacial score (nSPS) is 12.3. The number of hydrogen-bond donors (Lipinski definition) is 2. The number of thiocarbonyl (C=S) groups is 1. The molecule has 0 aromatic rings. The Kier molecular flexibility index (Phi) is 4.72. The minimum absolute atomic E-state index is 0.255. The van der Waals surface area contributed by atoms with Gasteiger partial charge in [0.1, 0.15) is 4.99 Å². The average Bonchev–Trinajstić information content (AvgIpc) is 1.99. The Hall–Kier alpha value is -1.35. The van der Waals surface area contributed by atoms with Gasteiger partial charge in [-0.05, 0) is 6.08 Å². The van der Waals surface area contributed by atoms with Crippen molar-refractivity contribution in [2.24, 2.45) is 11.5 Å². The maximum absolute atomic E-state index is 5.62. The average molecular weight is 180 g/mol. The molecule has 0 atom stereocenters. The topological polar surface area (TPSA) is 52.0 Å². The van der Waals surface area contributed by atoms with Crippen LogP contribution in [0.1, 0.15) is 0 Å². The van der Waals surface area contributed by atoms with Crippen LogP contribution in [0.3, 0.4) is 0 Å². The fourth-order valence-electron chi connectivity index (χ4n) is 0.655. The molecule has 0 radical (unpaired) electrons. The van der Waals surface area contributed by atoms with Gasteiger partial charge in [0.2, 0.25) is 0 Å². The Morgan fingerprint density at radius 3 is 1.92 bits per heavy atom. The van der Waals surface area contributed by atoms with Crippen molar-refractivity contribution in [3.05, 3.63) is 48.7 Å². The number of allylic oxidation sites excluding steroid dienone is 4. The highest BCUT2D eigenvalue weighted by atomic mass is 32.1. The van der Waals surface area contributed by atoms with Crippen molar-refractivity contribution < 1.29 is 0 Å². The lowest BCUT2D eigenvalue weighted by Gasteiger charge is -2.03. The summed E-state index contributed by atoms with van der Waals surface area (Å²) in [7, 11) is 0. The first-order chi connectivity index (χ1) is 5.63. The van der Waals surface area contributed by atoms with E-state index in [1.54, 1.807) is 24.3 Å². The van der Waals surface area contributed by atoms with Gasteiger partial charge in [-0.15, -0.1) is 0 Å². The Morgan fingerprint density at radius 1 is 1.08 bits per heavy atom. The van der Waals surface area contributed by atoms with Crippen molar-refractivity contribution in [1.29, 1.82) is 0 Å². The summed E-state index contributed by atoms with van der Waals surface area (Å²) in [6.45, 7) is 7.03. The van der Waals surface area contributed by atoms with Crippen LogP contribution in [-0.2, 0) is 0 Å². The summed E-state index contributed by atoms with van der Waals surface area (Å²) in [4.78, 5) is 0.255. The molecule has 0 aliphatic carbocycles. The molecule has 0 bridgehead atoms. The summed E-state index contributed by atoms with van der Waals surface area (Å²) < 4.78 is 0. The minimum atomic E-state index is 0.255. The highest BCUT2D eigenvalue weighted by molar-refractivity contribution is 7.80. The SMILES string of the molecule is C=C/C=C(N)\C(=C/C=C)C(N)=S. The predicted molar refractivity (Wildman–Crippen MR) is 57.5 cm³/mol. The first-order valence-electron chi connectivity index (χ1n) is 3.34. The molecule has 0 amide bonds. The van der Waals surface area contributed by atoms with Gasteiger partial charge in [0, 0.05) is 11.3 Å². The first-order valence-corrected chi connectivity index (χ1v) is 3.75. The summed E-state index contributed by atoms with van der Waals surface area (Å²) in [6.07, 6.45) is 6.45. The monoisotopic (exact) mass is 180 g/mol. The van der Waals surface area contributed by atoms with Gasteiger partial charge in [0.25, 0.3) is 0 Å². The van der Waals surface area contributed by atoms with Gasteiger partial charge in [-0.3, -0.25) is 0 Å². The Balaban J connectivity index is 4.87. The number of nitrogens with two attached hydrogens (primary N) is 2. The van der Waals surface area contributed by atoms with Crippen LogP contribution in [0.25, 0.3) is 0 Å². The molecular weight excluding hydrogens is 168 g/mol. The molecule has 3 heteroatoms. The second kappa shape index (κ2) is 5.32. The molecule has 0 aromatic carbocycles. The van der Waals surface area contributed by atoms with Gasteiger partial charge in [0.05, 0.1) is 0 Å². The van der Waals surface area contributed by atoms with Crippen LogP contribution in [0.2, 0.25) is 0 Å².